The number of carbonyl (C=O) groups is 2. The van der Waals surface area contributed by atoms with Crippen molar-refractivity contribution in [2.75, 3.05) is 11.9 Å². The number of hydrogen-bond donors (Lipinski definition) is 2. The molecule has 0 unspecified atom stereocenters. The van der Waals surface area contributed by atoms with Crippen LogP contribution in [0.4, 0.5) is 5.82 Å². The molecule has 1 saturated carbocycles. The fraction of sp³-hybridized carbons (Fsp3) is 0.412. The summed E-state index contributed by atoms with van der Waals surface area (Å²) in [6.07, 6.45) is 5.16. The lowest BCUT2D eigenvalue weighted by Gasteiger charge is -2.23. The molecule has 1 fully saturated rings. The molecule has 0 saturated heterocycles. The van der Waals surface area contributed by atoms with E-state index < -0.39 is 0 Å². The molecular weight excluding hydrogens is 342 g/mol. The lowest BCUT2D eigenvalue weighted by molar-refractivity contribution is -0.122. The highest BCUT2D eigenvalue weighted by molar-refractivity contribution is 6.31. The molecule has 1 aromatic heterocycles. The van der Waals surface area contributed by atoms with Gasteiger partial charge in [-0.25, -0.2) is 4.68 Å². The van der Waals surface area contributed by atoms with Crippen molar-refractivity contribution in [3.05, 3.63) is 41.0 Å². The second-order valence-electron chi connectivity index (χ2n) is 6.11. The Morgan fingerprint density at radius 1 is 1.28 bits per heavy atom. The zero-order valence-electron chi connectivity index (χ0n) is 13.7. The SMILES string of the molecule is O=C(Cn1cc(NC(=O)C2CCC2)nn1)NCCc1ccccc1Cl. The van der Waals surface area contributed by atoms with E-state index in [4.69, 9.17) is 11.6 Å². The number of anilines is 1. The van der Waals surface area contributed by atoms with Crippen LogP contribution in [0.2, 0.25) is 5.02 Å². The monoisotopic (exact) mass is 361 g/mol. The van der Waals surface area contributed by atoms with Gasteiger partial charge in [-0.1, -0.05) is 41.4 Å². The van der Waals surface area contributed by atoms with Crippen molar-refractivity contribution in [2.45, 2.75) is 32.2 Å². The quantitative estimate of drug-likeness (QED) is 0.789. The van der Waals surface area contributed by atoms with Gasteiger partial charge in [0, 0.05) is 17.5 Å². The lowest BCUT2D eigenvalue weighted by atomic mass is 9.85. The molecule has 0 aliphatic heterocycles. The highest BCUT2D eigenvalue weighted by atomic mass is 35.5. The van der Waals surface area contributed by atoms with Crippen molar-refractivity contribution in [3.8, 4) is 0 Å². The van der Waals surface area contributed by atoms with Crippen LogP contribution < -0.4 is 10.6 Å². The highest BCUT2D eigenvalue weighted by Gasteiger charge is 2.25. The molecule has 8 heteroatoms. The number of nitrogens with one attached hydrogen (secondary N) is 2. The number of nitrogens with zero attached hydrogens (tertiary/aromatic N) is 3. The summed E-state index contributed by atoms with van der Waals surface area (Å²) in [5.41, 5.74) is 0.992. The number of carbonyl (C=O) groups excluding carboxylic acids is 2. The topological polar surface area (TPSA) is 88.9 Å². The van der Waals surface area contributed by atoms with Crippen molar-refractivity contribution in [1.29, 1.82) is 0 Å². The van der Waals surface area contributed by atoms with Crippen molar-refractivity contribution in [3.63, 3.8) is 0 Å². The van der Waals surface area contributed by atoms with Crippen LogP contribution in [-0.2, 0) is 22.6 Å². The standard InChI is InChI=1S/C17H20ClN5O2/c18-14-7-2-1-4-12(14)8-9-19-16(24)11-23-10-15(21-22-23)20-17(25)13-5-3-6-13/h1-2,4,7,10,13H,3,5-6,8-9,11H2,(H,19,24)(H,20,25). The summed E-state index contributed by atoms with van der Waals surface area (Å²) in [5, 5.41) is 14.0. The van der Waals surface area contributed by atoms with Gasteiger partial charge in [0.15, 0.2) is 5.82 Å². The minimum atomic E-state index is -0.172. The van der Waals surface area contributed by atoms with Gasteiger partial charge in [-0.2, -0.15) is 0 Å². The Labute approximate surface area is 150 Å². The van der Waals surface area contributed by atoms with Gasteiger partial charge in [0.2, 0.25) is 11.8 Å². The van der Waals surface area contributed by atoms with E-state index in [2.05, 4.69) is 20.9 Å². The Balaban J connectivity index is 1.42. The average molecular weight is 362 g/mol. The van der Waals surface area contributed by atoms with E-state index in [1.807, 2.05) is 24.3 Å². The summed E-state index contributed by atoms with van der Waals surface area (Å²) in [6.45, 7) is 0.539. The summed E-state index contributed by atoms with van der Waals surface area (Å²) >= 11 is 6.08. The van der Waals surface area contributed by atoms with Crippen LogP contribution in [0.3, 0.4) is 0 Å². The molecule has 0 spiro atoms. The van der Waals surface area contributed by atoms with Gasteiger partial charge in [-0.15, -0.1) is 5.10 Å². The minimum absolute atomic E-state index is 0.0255. The third-order valence-corrected chi connectivity index (χ3v) is 4.61. The van der Waals surface area contributed by atoms with Crippen molar-refractivity contribution >= 4 is 29.2 Å². The molecular formula is C17H20ClN5O2. The van der Waals surface area contributed by atoms with E-state index in [-0.39, 0.29) is 24.3 Å². The van der Waals surface area contributed by atoms with Gasteiger partial charge in [-0.05, 0) is 30.9 Å². The molecule has 3 rings (SSSR count). The maximum absolute atomic E-state index is 12.0. The predicted octanol–water partition coefficient (Wildman–Crippen LogP) is 2.03. The first-order valence-electron chi connectivity index (χ1n) is 8.33. The minimum Gasteiger partial charge on any atom is -0.354 e. The maximum Gasteiger partial charge on any atom is 0.241 e. The molecule has 132 valence electrons. The average Bonchev–Trinajstić information content (AvgIpc) is 2.94. The van der Waals surface area contributed by atoms with E-state index >= 15 is 0 Å². The lowest BCUT2D eigenvalue weighted by Crippen LogP contribution is -2.29. The summed E-state index contributed by atoms with van der Waals surface area (Å²) in [7, 11) is 0. The van der Waals surface area contributed by atoms with Crippen LogP contribution in [0, 0.1) is 5.92 Å². The van der Waals surface area contributed by atoms with Crippen molar-refractivity contribution < 1.29 is 9.59 Å². The van der Waals surface area contributed by atoms with Crippen LogP contribution in [0.1, 0.15) is 24.8 Å². The first-order chi connectivity index (χ1) is 12.1. The smallest absolute Gasteiger partial charge is 0.241 e. The molecule has 7 nitrogen and oxygen atoms in total. The summed E-state index contributed by atoms with van der Waals surface area (Å²) in [6, 6.07) is 7.55. The molecule has 2 aromatic rings. The number of amides is 2. The van der Waals surface area contributed by atoms with E-state index in [0.717, 1.165) is 24.8 Å². The number of hydrogen-bond acceptors (Lipinski definition) is 4. The molecule has 1 heterocycles. The second-order valence-corrected chi connectivity index (χ2v) is 6.52. The third-order valence-electron chi connectivity index (χ3n) is 4.25. The molecule has 1 aliphatic rings. The summed E-state index contributed by atoms with van der Waals surface area (Å²) < 4.78 is 1.40. The van der Waals surface area contributed by atoms with Gasteiger partial charge in [-0.3, -0.25) is 9.59 Å². The molecule has 0 bridgehead atoms. The Morgan fingerprint density at radius 3 is 2.80 bits per heavy atom. The largest absolute Gasteiger partial charge is 0.354 e. The second kappa shape index (κ2) is 8.11. The Kier molecular flexibility index (Phi) is 5.65. The summed E-state index contributed by atoms with van der Waals surface area (Å²) in [4.78, 5) is 23.8. The van der Waals surface area contributed by atoms with Gasteiger partial charge >= 0.3 is 0 Å². The van der Waals surface area contributed by atoms with Crippen molar-refractivity contribution in [2.24, 2.45) is 5.92 Å². The van der Waals surface area contributed by atoms with Crippen LogP contribution in [-0.4, -0.2) is 33.4 Å². The zero-order chi connectivity index (χ0) is 17.6. The molecule has 0 radical (unpaired) electrons. The number of rotatable bonds is 7. The van der Waals surface area contributed by atoms with E-state index in [1.54, 1.807) is 6.20 Å². The third kappa shape index (κ3) is 4.79. The fourth-order valence-electron chi connectivity index (χ4n) is 2.57. The van der Waals surface area contributed by atoms with Gasteiger partial charge in [0.25, 0.3) is 0 Å². The summed E-state index contributed by atoms with van der Waals surface area (Å²) in [5.74, 6) is 0.260. The molecule has 2 amide bonds. The van der Waals surface area contributed by atoms with Crippen LogP contribution in [0.5, 0.6) is 0 Å². The van der Waals surface area contributed by atoms with Gasteiger partial charge in [0.05, 0.1) is 6.20 Å². The first kappa shape index (κ1) is 17.4. The molecule has 0 atom stereocenters. The molecule has 1 aliphatic carbocycles. The Hall–Kier alpha value is -2.41. The van der Waals surface area contributed by atoms with Gasteiger partial charge in [0.1, 0.15) is 6.54 Å². The maximum atomic E-state index is 12.0. The molecule has 25 heavy (non-hydrogen) atoms. The first-order valence-corrected chi connectivity index (χ1v) is 8.71. The number of aromatic nitrogens is 3. The van der Waals surface area contributed by atoms with Crippen LogP contribution in [0.15, 0.2) is 30.5 Å². The Morgan fingerprint density at radius 2 is 2.08 bits per heavy atom. The normalized spacial score (nSPS) is 14.0. The fourth-order valence-corrected chi connectivity index (χ4v) is 2.80. The zero-order valence-corrected chi connectivity index (χ0v) is 14.5. The molecule has 1 aromatic carbocycles. The highest BCUT2D eigenvalue weighted by Crippen LogP contribution is 2.27. The Bertz CT molecular complexity index is 757. The molecule has 2 N–H and O–H groups in total. The predicted molar refractivity (Wildman–Crippen MR) is 94.2 cm³/mol. The van der Waals surface area contributed by atoms with E-state index in [9.17, 15) is 9.59 Å². The van der Waals surface area contributed by atoms with Crippen LogP contribution >= 0.6 is 11.6 Å². The number of benzene rings is 1. The van der Waals surface area contributed by atoms with Crippen molar-refractivity contribution in [1.82, 2.24) is 20.3 Å². The van der Waals surface area contributed by atoms with E-state index in [0.29, 0.717) is 23.8 Å². The van der Waals surface area contributed by atoms with Gasteiger partial charge < -0.3 is 10.6 Å². The number of halogens is 1. The van der Waals surface area contributed by atoms with E-state index in [1.165, 1.54) is 4.68 Å². The van der Waals surface area contributed by atoms with Crippen LogP contribution in [0.25, 0.3) is 0 Å².